The molecule has 0 saturated carbocycles. The van der Waals surface area contributed by atoms with E-state index in [4.69, 9.17) is 10.00 Å². The van der Waals surface area contributed by atoms with Crippen molar-refractivity contribution in [1.82, 2.24) is 10.2 Å². The normalized spacial score (nSPS) is 24.7. The molecule has 7 nitrogen and oxygen atoms in total. The van der Waals surface area contributed by atoms with E-state index in [1.54, 1.807) is 18.2 Å². The lowest BCUT2D eigenvalue weighted by atomic mass is 9.86. The molecule has 2 N–H and O–H groups in total. The number of rotatable bonds is 1. The number of guanidine groups is 1. The first-order valence-corrected chi connectivity index (χ1v) is 8.35. The number of nitrogens with zero attached hydrogens (tertiary/aromatic N) is 4. The van der Waals surface area contributed by atoms with Crippen molar-refractivity contribution in [2.45, 2.75) is 44.4 Å². The molecule has 0 unspecified atom stereocenters. The zero-order valence-electron chi connectivity index (χ0n) is 14.4. The minimum atomic E-state index is -0.875. The van der Waals surface area contributed by atoms with Crippen molar-refractivity contribution in [2.75, 3.05) is 13.1 Å². The second-order valence-corrected chi connectivity index (χ2v) is 6.87. The molecule has 0 radical (unpaired) electrons. The SMILES string of the molecule is CC1(C)Oc2ccc(C#N)cc2[C@@H](NC(=NC#N)N2CCCC2)[C@@H]1O. The third kappa shape index (κ3) is 3.24. The Bertz CT molecular complexity index is 769. The fourth-order valence-electron chi connectivity index (χ4n) is 3.34. The molecule has 2 aliphatic rings. The van der Waals surface area contributed by atoms with Gasteiger partial charge in [0, 0.05) is 18.7 Å². The van der Waals surface area contributed by atoms with Gasteiger partial charge in [-0.25, -0.2) is 0 Å². The van der Waals surface area contributed by atoms with Gasteiger partial charge < -0.3 is 20.1 Å². The van der Waals surface area contributed by atoms with E-state index in [0.29, 0.717) is 22.8 Å². The Labute approximate surface area is 147 Å². The van der Waals surface area contributed by atoms with E-state index in [9.17, 15) is 10.4 Å². The van der Waals surface area contributed by atoms with Crippen molar-refractivity contribution in [2.24, 2.45) is 4.99 Å². The summed E-state index contributed by atoms with van der Waals surface area (Å²) in [5.74, 6) is 1.07. The van der Waals surface area contributed by atoms with Crippen molar-refractivity contribution in [3.05, 3.63) is 29.3 Å². The average Bonchev–Trinajstić information content (AvgIpc) is 3.12. The largest absolute Gasteiger partial charge is 0.485 e. The summed E-state index contributed by atoms with van der Waals surface area (Å²) in [5, 5.41) is 32.3. The minimum Gasteiger partial charge on any atom is -0.485 e. The predicted molar refractivity (Wildman–Crippen MR) is 91.6 cm³/mol. The molecule has 1 aromatic rings. The highest BCUT2D eigenvalue weighted by Gasteiger charge is 2.43. The first kappa shape index (κ1) is 17.1. The van der Waals surface area contributed by atoms with Crippen LogP contribution >= 0.6 is 0 Å². The predicted octanol–water partition coefficient (Wildman–Crippen LogP) is 1.65. The van der Waals surface area contributed by atoms with E-state index in [1.165, 1.54) is 0 Å². The Kier molecular flexibility index (Phi) is 4.52. The number of hydrogen-bond donors (Lipinski definition) is 2. The van der Waals surface area contributed by atoms with Crippen LogP contribution in [-0.4, -0.2) is 40.8 Å². The van der Waals surface area contributed by atoms with Gasteiger partial charge in [0.05, 0.1) is 17.7 Å². The number of benzene rings is 1. The Morgan fingerprint density at radius 1 is 1.36 bits per heavy atom. The van der Waals surface area contributed by atoms with E-state index in [2.05, 4.69) is 16.4 Å². The van der Waals surface area contributed by atoms with Crippen molar-refractivity contribution >= 4 is 5.96 Å². The van der Waals surface area contributed by atoms with Gasteiger partial charge >= 0.3 is 0 Å². The molecule has 130 valence electrons. The quantitative estimate of drug-likeness (QED) is 0.458. The van der Waals surface area contributed by atoms with Gasteiger partial charge in [-0.1, -0.05) is 0 Å². The van der Waals surface area contributed by atoms with Gasteiger partial charge in [-0.2, -0.15) is 10.5 Å². The third-order valence-electron chi connectivity index (χ3n) is 4.72. The molecule has 25 heavy (non-hydrogen) atoms. The number of aliphatic imine (C=N–C) groups is 1. The summed E-state index contributed by atoms with van der Waals surface area (Å²) in [5.41, 5.74) is 0.360. The monoisotopic (exact) mass is 339 g/mol. The molecule has 0 aromatic heterocycles. The minimum absolute atomic E-state index is 0.454. The fourth-order valence-corrected chi connectivity index (χ4v) is 3.34. The highest BCUT2D eigenvalue weighted by Crippen LogP contribution is 2.40. The summed E-state index contributed by atoms with van der Waals surface area (Å²) >= 11 is 0. The lowest BCUT2D eigenvalue weighted by molar-refractivity contribution is -0.0615. The topological polar surface area (TPSA) is 105 Å². The smallest absolute Gasteiger partial charge is 0.210 e. The number of aliphatic hydroxyl groups excluding tert-OH is 1. The fraction of sp³-hybridized carbons (Fsp3) is 0.500. The lowest BCUT2D eigenvalue weighted by Gasteiger charge is -2.43. The van der Waals surface area contributed by atoms with Crippen molar-refractivity contribution < 1.29 is 9.84 Å². The number of nitrogens with one attached hydrogen (secondary N) is 1. The molecule has 0 bridgehead atoms. The first-order valence-electron chi connectivity index (χ1n) is 8.35. The number of hydrogen-bond acceptors (Lipinski definition) is 5. The molecule has 1 saturated heterocycles. The molecule has 0 spiro atoms. The molecule has 2 heterocycles. The number of nitriles is 2. The van der Waals surface area contributed by atoms with Crippen molar-refractivity contribution in [3.63, 3.8) is 0 Å². The van der Waals surface area contributed by atoms with Gasteiger partial charge in [-0.05, 0) is 44.9 Å². The molecule has 2 aliphatic heterocycles. The Morgan fingerprint density at radius 2 is 2.08 bits per heavy atom. The maximum atomic E-state index is 10.8. The van der Waals surface area contributed by atoms with Crippen LogP contribution < -0.4 is 10.1 Å². The van der Waals surface area contributed by atoms with Gasteiger partial charge in [-0.3, -0.25) is 0 Å². The first-order chi connectivity index (χ1) is 12.0. The molecular weight excluding hydrogens is 318 g/mol. The van der Waals surface area contributed by atoms with Crippen LogP contribution in [0.15, 0.2) is 23.2 Å². The maximum absolute atomic E-state index is 10.8. The van der Waals surface area contributed by atoms with Gasteiger partial charge in [0.1, 0.15) is 17.5 Å². The number of aliphatic hydroxyl groups is 1. The summed E-state index contributed by atoms with van der Waals surface area (Å²) < 4.78 is 5.91. The summed E-state index contributed by atoms with van der Waals surface area (Å²) in [6.07, 6.45) is 3.05. The molecule has 0 aliphatic carbocycles. The van der Waals surface area contributed by atoms with Crippen LogP contribution in [0.25, 0.3) is 0 Å². The van der Waals surface area contributed by atoms with Crippen molar-refractivity contribution in [1.29, 1.82) is 10.5 Å². The van der Waals surface area contributed by atoms with Gasteiger partial charge in [0.2, 0.25) is 12.2 Å². The van der Waals surface area contributed by atoms with Crippen LogP contribution in [0, 0.1) is 22.8 Å². The summed E-state index contributed by atoms with van der Waals surface area (Å²) in [7, 11) is 0. The summed E-state index contributed by atoms with van der Waals surface area (Å²) in [4.78, 5) is 5.92. The van der Waals surface area contributed by atoms with Crippen LogP contribution in [0.3, 0.4) is 0 Å². The lowest BCUT2D eigenvalue weighted by Crippen LogP contribution is -2.55. The molecule has 1 fully saturated rings. The molecule has 0 amide bonds. The zero-order chi connectivity index (χ0) is 18.0. The Morgan fingerprint density at radius 3 is 2.72 bits per heavy atom. The maximum Gasteiger partial charge on any atom is 0.210 e. The van der Waals surface area contributed by atoms with E-state index in [1.807, 2.05) is 24.9 Å². The van der Waals surface area contributed by atoms with Crippen LogP contribution in [0.1, 0.15) is 43.9 Å². The number of ether oxygens (including phenoxy) is 1. The molecule has 1 aromatic carbocycles. The van der Waals surface area contributed by atoms with Gasteiger partial charge in [-0.15, -0.1) is 4.99 Å². The highest BCUT2D eigenvalue weighted by molar-refractivity contribution is 5.81. The second-order valence-electron chi connectivity index (χ2n) is 6.87. The van der Waals surface area contributed by atoms with Crippen molar-refractivity contribution in [3.8, 4) is 18.0 Å². The third-order valence-corrected chi connectivity index (χ3v) is 4.72. The number of likely N-dealkylation sites (tertiary alicyclic amines) is 1. The van der Waals surface area contributed by atoms with Crippen LogP contribution in [0.5, 0.6) is 5.75 Å². The highest BCUT2D eigenvalue weighted by atomic mass is 16.5. The molecule has 3 rings (SSSR count). The van der Waals surface area contributed by atoms with Crippen LogP contribution in [0.4, 0.5) is 0 Å². The van der Waals surface area contributed by atoms with Crippen LogP contribution in [0.2, 0.25) is 0 Å². The molecule has 2 atom stereocenters. The average molecular weight is 339 g/mol. The Hall–Kier alpha value is -2.77. The standard InChI is InChI=1S/C18H21N5O2/c1-18(2)16(24)15(13-9-12(10-19)5-6-14(13)25-18)22-17(21-11-20)23-7-3-4-8-23/h5-6,9,15-16,24H,3-4,7-8H2,1-2H3,(H,21,22)/t15-,16+/m1/s1. The Balaban J connectivity index is 2.00. The van der Waals surface area contributed by atoms with E-state index < -0.39 is 17.7 Å². The van der Waals surface area contributed by atoms with Crippen LogP contribution in [-0.2, 0) is 0 Å². The summed E-state index contributed by atoms with van der Waals surface area (Å²) in [6, 6.07) is 6.72. The van der Waals surface area contributed by atoms with Gasteiger partial charge in [0.15, 0.2) is 0 Å². The van der Waals surface area contributed by atoms with E-state index >= 15 is 0 Å². The molecule has 7 heteroatoms. The van der Waals surface area contributed by atoms with Gasteiger partial charge in [0.25, 0.3) is 0 Å². The number of fused-ring (bicyclic) bond motifs is 1. The molecular formula is C18H21N5O2. The second kappa shape index (κ2) is 6.62. The summed E-state index contributed by atoms with van der Waals surface area (Å²) in [6.45, 7) is 5.26. The zero-order valence-corrected chi connectivity index (χ0v) is 14.4. The van der Waals surface area contributed by atoms with E-state index in [-0.39, 0.29) is 0 Å². The van der Waals surface area contributed by atoms with E-state index in [0.717, 1.165) is 25.9 Å².